The quantitative estimate of drug-likeness (QED) is 0.604. The zero-order valence-electron chi connectivity index (χ0n) is 13.0. The van der Waals surface area contributed by atoms with E-state index in [0.717, 1.165) is 34.2 Å². The molecule has 4 rings (SSSR count). The molecule has 0 radical (unpaired) electrons. The van der Waals surface area contributed by atoms with Crippen LogP contribution in [-0.2, 0) is 6.54 Å². The van der Waals surface area contributed by atoms with E-state index >= 15 is 0 Å². The average Bonchev–Trinajstić information content (AvgIpc) is 3.29. The zero-order valence-corrected chi connectivity index (χ0v) is 13.8. The number of thiophene rings is 1. The van der Waals surface area contributed by atoms with E-state index in [1.165, 1.54) is 0 Å². The molecule has 0 aliphatic rings. The Morgan fingerprint density at radius 1 is 1.17 bits per heavy atom. The first kappa shape index (κ1) is 14.6. The second-order valence-corrected chi connectivity index (χ2v) is 6.01. The molecule has 0 fully saturated rings. The summed E-state index contributed by atoms with van der Waals surface area (Å²) in [5.41, 5.74) is 2.87. The zero-order chi connectivity index (χ0) is 16.4. The number of ether oxygens (including phenoxy) is 1. The normalized spacial score (nSPS) is 10.9. The van der Waals surface area contributed by atoms with Crippen LogP contribution in [-0.4, -0.2) is 26.9 Å². The molecule has 7 heteroatoms. The Labute approximate surface area is 142 Å². The van der Waals surface area contributed by atoms with Gasteiger partial charge in [-0.3, -0.25) is 0 Å². The summed E-state index contributed by atoms with van der Waals surface area (Å²) in [5, 5.41) is 20.4. The van der Waals surface area contributed by atoms with Gasteiger partial charge in [0.15, 0.2) is 11.5 Å². The Morgan fingerprint density at radius 3 is 2.96 bits per heavy atom. The predicted octanol–water partition coefficient (Wildman–Crippen LogP) is 3.47. The molecule has 0 atom stereocenters. The van der Waals surface area contributed by atoms with Gasteiger partial charge in [-0.2, -0.15) is 15.9 Å². The lowest BCUT2D eigenvalue weighted by molar-refractivity contribution is 0.414. The Balaban J connectivity index is 1.59. The van der Waals surface area contributed by atoms with Crippen LogP contribution in [0, 0.1) is 0 Å². The minimum absolute atomic E-state index is 0.658. The number of benzene rings is 1. The minimum Gasteiger partial charge on any atom is -0.497 e. The smallest absolute Gasteiger partial charge is 0.186 e. The SMILES string of the molecule is COc1cccc(CNc2ccc3nnc(-c4ccsc4)n3n2)c1. The lowest BCUT2D eigenvalue weighted by Gasteiger charge is -2.07. The molecule has 4 aromatic rings. The summed E-state index contributed by atoms with van der Waals surface area (Å²) in [6.45, 7) is 0.658. The highest BCUT2D eigenvalue weighted by Crippen LogP contribution is 2.21. The van der Waals surface area contributed by atoms with Gasteiger partial charge in [0.25, 0.3) is 0 Å². The van der Waals surface area contributed by atoms with Crippen LogP contribution in [0.3, 0.4) is 0 Å². The van der Waals surface area contributed by atoms with Crippen LogP contribution >= 0.6 is 11.3 Å². The summed E-state index contributed by atoms with van der Waals surface area (Å²) in [5.74, 6) is 2.36. The lowest BCUT2D eigenvalue weighted by atomic mass is 10.2. The van der Waals surface area contributed by atoms with Crippen LogP contribution in [0.5, 0.6) is 5.75 Å². The van der Waals surface area contributed by atoms with Crippen LogP contribution in [0.15, 0.2) is 53.2 Å². The van der Waals surface area contributed by atoms with E-state index in [1.54, 1.807) is 23.0 Å². The Morgan fingerprint density at radius 2 is 2.12 bits per heavy atom. The van der Waals surface area contributed by atoms with Gasteiger partial charge in [0.2, 0.25) is 0 Å². The number of rotatable bonds is 5. The fraction of sp³-hybridized carbons (Fsp3) is 0.118. The van der Waals surface area contributed by atoms with Gasteiger partial charge in [-0.25, -0.2) is 0 Å². The predicted molar refractivity (Wildman–Crippen MR) is 94.4 cm³/mol. The van der Waals surface area contributed by atoms with E-state index in [9.17, 15) is 0 Å². The molecule has 0 aliphatic carbocycles. The van der Waals surface area contributed by atoms with Crippen molar-refractivity contribution < 1.29 is 4.74 Å². The van der Waals surface area contributed by atoms with Gasteiger partial charge >= 0.3 is 0 Å². The standard InChI is InChI=1S/C17H15N5OS/c1-23-14-4-2-3-12(9-14)10-18-15-5-6-16-19-20-17(22(16)21-15)13-7-8-24-11-13/h2-9,11H,10H2,1H3,(H,18,21). The van der Waals surface area contributed by atoms with Crippen molar-refractivity contribution in [3.8, 4) is 17.1 Å². The molecular formula is C17H15N5OS. The molecule has 0 saturated carbocycles. The highest BCUT2D eigenvalue weighted by Gasteiger charge is 2.10. The maximum absolute atomic E-state index is 5.25. The minimum atomic E-state index is 0.658. The van der Waals surface area contributed by atoms with Crippen molar-refractivity contribution in [2.24, 2.45) is 0 Å². The van der Waals surface area contributed by atoms with E-state index < -0.39 is 0 Å². The molecule has 6 nitrogen and oxygen atoms in total. The first-order valence-electron chi connectivity index (χ1n) is 7.45. The maximum atomic E-state index is 5.25. The van der Waals surface area contributed by atoms with Crippen LogP contribution in [0.1, 0.15) is 5.56 Å². The van der Waals surface area contributed by atoms with Gasteiger partial charge in [0, 0.05) is 17.5 Å². The molecule has 3 heterocycles. The number of fused-ring (bicyclic) bond motifs is 1. The molecule has 0 unspecified atom stereocenters. The third-order valence-electron chi connectivity index (χ3n) is 3.65. The van der Waals surface area contributed by atoms with Crippen LogP contribution in [0.25, 0.3) is 17.0 Å². The Hall–Kier alpha value is -2.93. The summed E-state index contributed by atoms with van der Waals surface area (Å²) in [4.78, 5) is 0. The van der Waals surface area contributed by atoms with Crippen molar-refractivity contribution >= 4 is 22.8 Å². The molecular weight excluding hydrogens is 322 g/mol. The Bertz CT molecular complexity index is 964. The molecule has 3 aromatic heterocycles. The molecule has 24 heavy (non-hydrogen) atoms. The molecule has 0 aliphatic heterocycles. The van der Waals surface area contributed by atoms with Crippen molar-refractivity contribution in [3.05, 3.63) is 58.8 Å². The van der Waals surface area contributed by atoms with Gasteiger partial charge < -0.3 is 10.1 Å². The van der Waals surface area contributed by atoms with Gasteiger partial charge in [0.05, 0.1) is 7.11 Å². The van der Waals surface area contributed by atoms with Crippen molar-refractivity contribution in [2.45, 2.75) is 6.54 Å². The van der Waals surface area contributed by atoms with Crippen LogP contribution < -0.4 is 10.1 Å². The van der Waals surface area contributed by atoms with Crippen LogP contribution in [0.4, 0.5) is 5.82 Å². The van der Waals surface area contributed by atoms with Crippen molar-refractivity contribution in [1.82, 2.24) is 19.8 Å². The number of anilines is 1. The summed E-state index contributed by atoms with van der Waals surface area (Å²) in [6.07, 6.45) is 0. The molecule has 0 saturated heterocycles. The molecule has 0 amide bonds. The molecule has 0 spiro atoms. The van der Waals surface area contributed by atoms with Crippen molar-refractivity contribution in [1.29, 1.82) is 0 Å². The summed E-state index contributed by atoms with van der Waals surface area (Å²) in [6, 6.07) is 13.8. The van der Waals surface area contributed by atoms with Crippen LogP contribution in [0.2, 0.25) is 0 Å². The molecule has 0 bridgehead atoms. The summed E-state index contributed by atoms with van der Waals surface area (Å²) >= 11 is 1.63. The van der Waals surface area contributed by atoms with Gasteiger partial charge in [-0.15, -0.1) is 15.3 Å². The fourth-order valence-electron chi connectivity index (χ4n) is 2.43. The van der Waals surface area contributed by atoms with Crippen molar-refractivity contribution in [2.75, 3.05) is 12.4 Å². The van der Waals surface area contributed by atoms with E-state index in [-0.39, 0.29) is 0 Å². The summed E-state index contributed by atoms with van der Waals surface area (Å²) < 4.78 is 7.01. The topological polar surface area (TPSA) is 64.3 Å². The van der Waals surface area contributed by atoms with E-state index in [4.69, 9.17) is 4.74 Å². The first-order valence-corrected chi connectivity index (χ1v) is 8.39. The number of nitrogens with one attached hydrogen (secondary N) is 1. The third-order valence-corrected chi connectivity index (χ3v) is 4.33. The molecule has 1 aromatic carbocycles. The Kier molecular flexibility index (Phi) is 3.84. The monoisotopic (exact) mass is 337 g/mol. The largest absolute Gasteiger partial charge is 0.497 e. The average molecular weight is 337 g/mol. The van der Waals surface area contributed by atoms with Gasteiger partial charge in [0.1, 0.15) is 11.6 Å². The van der Waals surface area contributed by atoms with Crippen molar-refractivity contribution in [3.63, 3.8) is 0 Å². The van der Waals surface area contributed by atoms with E-state index in [1.807, 2.05) is 53.2 Å². The second-order valence-electron chi connectivity index (χ2n) is 5.23. The van der Waals surface area contributed by atoms with Gasteiger partial charge in [-0.1, -0.05) is 12.1 Å². The lowest BCUT2D eigenvalue weighted by Crippen LogP contribution is -2.04. The number of hydrogen-bond acceptors (Lipinski definition) is 6. The summed E-state index contributed by atoms with van der Waals surface area (Å²) in [7, 11) is 1.67. The first-order chi connectivity index (χ1) is 11.8. The maximum Gasteiger partial charge on any atom is 0.186 e. The van der Waals surface area contributed by atoms with E-state index in [0.29, 0.717) is 6.54 Å². The highest BCUT2D eigenvalue weighted by atomic mass is 32.1. The fourth-order valence-corrected chi connectivity index (χ4v) is 3.06. The number of aromatic nitrogens is 4. The van der Waals surface area contributed by atoms with Gasteiger partial charge in [-0.05, 0) is 41.3 Å². The second kappa shape index (κ2) is 6.29. The molecule has 1 N–H and O–H groups in total. The number of methoxy groups -OCH3 is 1. The van der Waals surface area contributed by atoms with E-state index in [2.05, 4.69) is 20.6 Å². The number of nitrogens with zero attached hydrogens (tertiary/aromatic N) is 4. The number of hydrogen-bond donors (Lipinski definition) is 1. The third kappa shape index (κ3) is 2.81. The molecule has 120 valence electrons. The highest BCUT2D eigenvalue weighted by molar-refractivity contribution is 7.08.